The van der Waals surface area contributed by atoms with Crippen molar-refractivity contribution in [2.45, 2.75) is 12.8 Å². The molecule has 4 heteroatoms. The van der Waals surface area contributed by atoms with Crippen LogP contribution in [-0.2, 0) is 0 Å². The molecule has 2 fully saturated rings. The summed E-state index contributed by atoms with van der Waals surface area (Å²) in [6.45, 7) is 3.61. The molecule has 2 saturated heterocycles. The third kappa shape index (κ3) is 1.16. The molecule has 68 valence electrons. The maximum atomic E-state index is 10.5. The van der Waals surface area contributed by atoms with E-state index in [9.17, 15) is 4.79 Å². The Morgan fingerprint density at radius 2 is 1.92 bits per heavy atom. The summed E-state index contributed by atoms with van der Waals surface area (Å²) in [5, 5.41) is 11.9. The maximum absolute atomic E-state index is 10.5. The van der Waals surface area contributed by atoms with Crippen molar-refractivity contribution < 1.29 is 9.90 Å². The SMILES string of the molecule is O=C(O)N1CC2(CCNCC2)C1. The van der Waals surface area contributed by atoms with Gasteiger partial charge in [-0.2, -0.15) is 0 Å². The highest BCUT2D eigenvalue weighted by atomic mass is 16.4. The van der Waals surface area contributed by atoms with E-state index in [1.807, 2.05) is 0 Å². The van der Waals surface area contributed by atoms with Gasteiger partial charge < -0.3 is 15.3 Å². The van der Waals surface area contributed by atoms with Crippen LogP contribution in [0, 0.1) is 5.41 Å². The van der Waals surface area contributed by atoms with Gasteiger partial charge >= 0.3 is 6.09 Å². The average molecular weight is 170 g/mol. The van der Waals surface area contributed by atoms with Crippen molar-refractivity contribution in [3.63, 3.8) is 0 Å². The molecule has 12 heavy (non-hydrogen) atoms. The van der Waals surface area contributed by atoms with Crippen molar-refractivity contribution in [2.24, 2.45) is 5.41 Å². The minimum Gasteiger partial charge on any atom is -0.465 e. The number of rotatable bonds is 0. The molecule has 0 aromatic heterocycles. The summed E-state index contributed by atoms with van der Waals surface area (Å²) in [6, 6.07) is 0. The summed E-state index contributed by atoms with van der Waals surface area (Å²) in [7, 11) is 0. The molecule has 0 aliphatic carbocycles. The fourth-order valence-electron chi connectivity index (χ4n) is 2.17. The van der Waals surface area contributed by atoms with Gasteiger partial charge in [0.2, 0.25) is 0 Å². The number of amides is 1. The molecule has 2 aliphatic rings. The number of carbonyl (C=O) groups is 1. The Morgan fingerprint density at radius 3 is 2.42 bits per heavy atom. The van der Waals surface area contributed by atoms with Gasteiger partial charge in [0.1, 0.15) is 0 Å². The first-order valence-electron chi connectivity index (χ1n) is 4.41. The number of nitrogens with zero attached hydrogens (tertiary/aromatic N) is 1. The Morgan fingerprint density at radius 1 is 1.33 bits per heavy atom. The molecule has 0 bridgehead atoms. The number of hydrogen-bond donors (Lipinski definition) is 2. The quantitative estimate of drug-likeness (QED) is 0.551. The molecular weight excluding hydrogens is 156 g/mol. The highest BCUT2D eigenvalue weighted by Crippen LogP contribution is 2.38. The van der Waals surface area contributed by atoms with E-state index in [4.69, 9.17) is 5.11 Å². The second kappa shape index (κ2) is 2.62. The van der Waals surface area contributed by atoms with Crippen LogP contribution in [0.2, 0.25) is 0 Å². The van der Waals surface area contributed by atoms with Gasteiger partial charge in [-0.3, -0.25) is 0 Å². The van der Waals surface area contributed by atoms with Gasteiger partial charge in [0.05, 0.1) is 0 Å². The standard InChI is InChI=1S/C8H14N2O2/c11-7(12)10-5-8(6-10)1-3-9-4-2-8/h9H,1-6H2,(H,11,12). The van der Waals surface area contributed by atoms with Crippen LogP contribution in [0.25, 0.3) is 0 Å². The predicted octanol–water partition coefficient (Wildman–Crippen LogP) is 0.350. The highest BCUT2D eigenvalue weighted by molar-refractivity contribution is 5.66. The lowest BCUT2D eigenvalue weighted by Crippen LogP contribution is -2.61. The van der Waals surface area contributed by atoms with Gasteiger partial charge in [-0.05, 0) is 25.9 Å². The zero-order valence-corrected chi connectivity index (χ0v) is 7.05. The van der Waals surface area contributed by atoms with E-state index in [0.29, 0.717) is 5.41 Å². The molecule has 2 aliphatic heterocycles. The molecule has 0 aromatic carbocycles. The van der Waals surface area contributed by atoms with Gasteiger partial charge in [0, 0.05) is 18.5 Å². The zero-order valence-electron chi connectivity index (χ0n) is 7.05. The Balaban J connectivity index is 1.88. The molecule has 4 nitrogen and oxygen atoms in total. The van der Waals surface area contributed by atoms with Crippen molar-refractivity contribution in [2.75, 3.05) is 26.2 Å². The maximum Gasteiger partial charge on any atom is 0.407 e. The van der Waals surface area contributed by atoms with Crippen LogP contribution in [0.15, 0.2) is 0 Å². The number of hydrogen-bond acceptors (Lipinski definition) is 2. The Kier molecular flexibility index (Phi) is 1.72. The van der Waals surface area contributed by atoms with Gasteiger partial charge in [0.25, 0.3) is 0 Å². The van der Waals surface area contributed by atoms with Crippen LogP contribution < -0.4 is 5.32 Å². The summed E-state index contributed by atoms with van der Waals surface area (Å²) < 4.78 is 0. The minimum absolute atomic E-state index is 0.337. The van der Waals surface area contributed by atoms with Crippen molar-refractivity contribution in [3.8, 4) is 0 Å². The largest absolute Gasteiger partial charge is 0.465 e. The fourth-order valence-corrected chi connectivity index (χ4v) is 2.17. The first kappa shape index (κ1) is 7.86. The smallest absolute Gasteiger partial charge is 0.407 e. The van der Waals surface area contributed by atoms with Crippen molar-refractivity contribution in [1.82, 2.24) is 10.2 Å². The predicted molar refractivity (Wildman–Crippen MR) is 44.1 cm³/mol. The first-order chi connectivity index (χ1) is 5.72. The van der Waals surface area contributed by atoms with E-state index >= 15 is 0 Å². The van der Waals surface area contributed by atoms with Crippen molar-refractivity contribution in [3.05, 3.63) is 0 Å². The second-order valence-corrected chi connectivity index (χ2v) is 3.89. The fraction of sp³-hybridized carbons (Fsp3) is 0.875. The summed E-state index contributed by atoms with van der Waals surface area (Å²) in [6.07, 6.45) is 1.51. The van der Waals surface area contributed by atoms with Crippen LogP contribution in [0.4, 0.5) is 4.79 Å². The molecule has 0 aromatic rings. The number of piperidine rings is 1. The number of nitrogens with one attached hydrogen (secondary N) is 1. The minimum atomic E-state index is -0.765. The number of likely N-dealkylation sites (tertiary alicyclic amines) is 1. The molecule has 2 rings (SSSR count). The Labute approximate surface area is 71.5 Å². The monoisotopic (exact) mass is 170 g/mol. The molecule has 0 unspecified atom stereocenters. The molecular formula is C8H14N2O2. The van der Waals surface area contributed by atoms with Gasteiger partial charge in [-0.15, -0.1) is 0 Å². The van der Waals surface area contributed by atoms with E-state index in [1.54, 1.807) is 0 Å². The molecule has 2 N–H and O–H groups in total. The summed E-state index contributed by atoms with van der Waals surface area (Å²) in [4.78, 5) is 12.0. The van der Waals surface area contributed by atoms with Gasteiger partial charge in [-0.1, -0.05) is 0 Å². The van der Waals surface area contributed by atoms with E-state index in [1.165, 1.54) is 4.90 Å². The lowest BCUT2D eigenvalue weighted by Gasteiger charge is -2.51. The Hall–Kier alpha value is -0.770. The molecule has 1 amide bonds. The second-order valence-electron chi connectivity index (χ2n) is 3.89. The zero-order chi connectivity index (χ0) is 8.60. The molecule has 1 spiro atoms. The molecule has 0 radical (unpaired) electrons. The summed E-state index contributed by atoms with van der Waals surface area (Å²) in [5.74, 6) is 0. The summed E-state index contributed by atoms with van der Waals surface area (Å²) in [5.41, 5.74) is 0.337. The molecule has 0 saturated carbocycles. The first-order valence-corrected chi connectivity index (χ1v) is 4.41. The van der Waals surface area contributed by atoms with Crippen molar-refractivity contribution >= 4 is 6.09 Å². The Bertz CT molecular complexity index is 191. The van der Waals surface area contributed by atoms with E-state index < -0.39 is 6.09 Å². The van der Waals surface area contributed by atoms with Crippen LogP contribution >= 0.6 is 0 Å². The molecule has 0 atom stereocenters. The normalized spacial score (nSPS) is 26.8. The lowest BCUT2D eigenvalue weighted by molar-refractivity contribution is -0.0104. The molecule has 2 heterocycles. The third-order valence-electron chi connectivity index (χ3n) is 2.99. The van der Waals surface area contributed by atoms with Crippen LogP contribution in [0.5, 0.6) is 0 Å². The van der Waals surface area contributed by atoms with E-state index in [2.05, 4.69) is 5.32 Å². The van der Waals surface area contributed by atoms with Crippen molar-refractivity contribution in [1.29, 1.82) is 0 Å². The van der Waals surface area contributed by atoms with Gasteiger partial charge in [-0.25, -0.2) is 4.79 Å². The van der Waals surface area contributed by atoms with Crippen LogP contribution in [0.3, 0.4) is 0 Å². The number of carboxylic acid groups (broad SMARTS) is 1. The average Bonchev–Trinajstić information content (AvgIpc) is 2.01. The van der Waals surface area contributed by atoms with E-state index in [-0.39, 0.29) is 0 Å². The lowest BCUT2D eigenvalue weighted by atomic mass is 9.73. The highest BCUT2D eigenvalue weighted by Gasteiger charge is 2.45. The summed E-state index contributed by atoms with van der Waals surface area (Å²) >= 11 is 0. The third-order valence-corrected chi connectivity index (χ3v) is 2.99. The van der Waals surface area contributed by atoms with Crippen LogP contribution in [0.1, 0.15) is 12.8 Å². The van der Waals surface area contributed by atoms with Crippen LogP contribution in [-0.4, -0.2) is 42.3 Å². The topological polar surface area (TPSA) is 52.6 Å². The van der Waals surface area contributed by atoms with E-state index in [0.717, 1.165) is 39.0 Å². The van der Waals surface area contributed by atoms with Gasteiger partial charge in [0.15, 0.2) is 0 Å².